The number of methoxy groups -OCH3 is 2. The molecule has 28 heavy (non-hydrogen) atoms. The molecule has 148 valence electrons. The monoisotopic (exact) mass is 399 g/mol. The molecule has 6 nitrogen and oxygen atoms in total. The predicted molar refractivity (Wildman–Crippen MR) is 109 cm³/mol. The molecule has 0 aliphatic carbocycles. The summed E-state index contributed by atoms with van der Waals surface area (Å²) in [4.78, 5) is 3.51. The second-order valence-corrected chi connectivity index (χ2v) is 8.00. The Bertz CT molecular complexity index is 929. The molecule has 0 unspecified atom stereocenters. The molecule has 1 aliphatic rings. The molecule has 0 radical (unpaired) electrons. The molecule has 1 aliphatic heterocycles. The van der Waals surface area contributed by atoms with Crippen LogP contribution in [0.2, 0.25) is 0 Å². The lowest BCUT2D eigenvalue weighted by Gasteiger charge is -2.30. The van der Waals surface area contributed by atoms with Gasteiger partial charge in [0.15, 0.2) is 11.5 Å². The number of likely N-dealkylation sites (tertiary alicyclic amines) is 1. The van der Waals surface area contributed by atoms with Crippen molar-refractivity contribution in [1.29, 1.82) is 0 Å². The number of benzene rings is 1. The summed E-state index contributed by atoms with van der Waals surface area (Å²) in [6.45, 7) is 4.89. The third-order valence-corrected chi connectivity index (χ3v) is 6.32. The van der Waals surface area contributed by atoms with E-state index >= 15 is 0 Å². The zero-order chi connectivity index (χ0) is 19.5. The highest BCUT2D eigenvalue weighted by atomic mass is 32.1. The van der Waals surface area contributed by atoms with Gasteiger partial charge in [0.1, 0.15) is 0 Å². The maximum absolute atomic E-state index is 6.00. The number of hydrogen-bond donors (Lipinski definition) is 0. The van der Waals surface area contributed by atoms with Crippen LogP contribution in [0.3, 0.4) is 0 Å². The molecule has 1 fully saturated rings. The summed E-state index contributed by atoms with van der Waals surface area (Å²) in [6, 6.07) is 8.11. The summed E-state index contributed by atoms with van der Waals surface area (Å²) in [5.74, 6) is 3.33. The molecule has 0 saturated carbocycles. The third-order valence-electron chi connectivity index (χ3n) is 5.31. The lowest BCUT2D eigenvalue weighted by atomic mass is 9.96. The third kappa shape index (κ3) is 3.77. The van der Waals surface area contributed by atoms with Gasteiger partial charge in [0.25, 0.3) is 5.89 Å². The number of thiophene rings is 1. The van der Waals surface area contributed by atoms with Gasteiger partial charge >= 0.3 is 0 Å². The second kappa shape index (κ2) is 8.32. The van der Waals surface area contributed by atoms with Gasteiger partial charge in [-0.2, -0.15) is 0 Å². The van der Waals surface area contributed by atoms with Crippen LogP contribution in [0.15, 0.2) is 34.1 Å². The molecule has 0 bridgehead atoms. The summed E-state index contributed by atoms with van der Waals surface area (Å²) in [5, 5.41) is 10.7. The van der Waals surface area contributed by atoms with E-state index in [9.17, 15) is 0 Å². The van der Waals surface area contributed by atoms with E-state index < -0.39 is 0 Å². The standard InChI is InChI=1S/C21H25N3O3S/c1-14-9-12-28-19(14)21-23-22-20(27-21)15-7-10-24(11-8-15)13-16-5-4-6-17(25-2)18(16)26-3/h4-6,9,12,15H,7-8,10-11,13H2,1-3H3. The van der Waals surface area contributed by atoms with E-state index in [4.69, 9.17) is 13.9 Å². The van der Waals surface area contributed by atoms with E-state index in [-0.39, 0.29) is 0 Å². The highest BCUT2D eigenvalue weighted by Gasteiger charge is 2.26. The first-order valence-electron chi connectivity index (χ1n) is 9.49. The molecule has 1 saturated heterocycles. The second-order valence-electron chi connectivity index (χ2n) is 7.08. The van der Waals surface area contributed by atoms with Gasteiger partial charge in [-0.3, -0.25) is 4.90 Å². The highest BCUT2D eigenvalue weighted by Crippen LogP contribution is 2.35. The minimum Gasteiger partial charge on any atom is -0.493 e. The average molecular weight is 400 g/mol. The number of aromatic nitrogens is 2. The van der Waals surface area contributed by atoms with Crippen molar-refractivity contribution in [1.82, 2.24) is 15.1 Å². The van der Waals surface area contributed by atoms with Crippen molar-refractivity contribution in [2.24, 2.45) is 0 Å². The van der Waals surface area contributed by atoms with Crippen LogP contribution >= 0.6 is 11.3 Å². The van der Waals surface area contributed by atoms with Crippen LogP contribution in [0.4, 0.5) is 0 Å². The Kier molecular flexibility index (Phi) is 5.64. The normalized spacial score (nSPS) is 15.7. The van der Waals surface area contributed by atoms with Crippen molar-refractivity contribution in [3.63, 3.8) is 0 Å². The Morgan fingerprint density at radius 1 is 1.14 bits per heavy atom. The lowest BCUT2D eigenvalue weighted by Crippen LogP contribution is -2.32. The average Bonchev–Trinajstić information content (AvgIpc) is 3.37. The van der Waals surface area contributed by atoms with Crippen molar-refractivity contribution in [3.05, 3.63) is 46.7 Å². The largest absolute Gasteiger partial charge is 0.493 e. The number of para-hydroxylation sites is 1. The van der Waals surface area contributed by atoms with Gasteiger partial charge in [-0.1, -0.05) is 12.1 Å². The van der Waals surface area contributed by atoms with Crippen LogP contribution < -0.4 is 9.47 Å². The first-order valence-corrected chi connectivity index (χ1v) is 10.4. The predicted octanol–water partition coefficient (Wildman–Crippen LogP) is 4.50. The Balaban J connectivity index is 1.39. The Hall–Kier alpha value is -2.38. The summed E-state index contributed by atoms with van der Waals surface area (Å²) >= 11 is 1.64. The molecule has 3 heterocycles. The minimum absolute atomic E-state index is 0.324. The Labute approximate surface area is 169 Å². The number of nitrogens with zero attached hydrogens (tertiary/aromatic N) is 3. The van der Waals surface area contributed by atoms with Crippen LogP contribution in [0.25, 0.3) is 10.8 Å². The molecule has 4 rings (SSSR count). The topological polar surface area (TPSA) is 60.6 Å². The molecule has 0 spiro atoms. The van der Waals surface area contributed by atoms with E-state index in [0.29, 0.717) is 11.8 Å². The number of hydrogen-bond acceptors (Lipinski definition) is 7. The Morgan fingerprint density at radius 2 is 1.96 bits per heavy atom. The van der Waals surface area contributed by atoms with Gasteiger partial charge in [0.05, 0.1) is 19.1 Å². The van der Waals surface area contributed by atoms with E-state index in [1.165, 1.54) is 5.56 Å². The smallest absolute Gasteiger partial charge is 0.258 e. The summed E-state index contributed by atoms with van der Waals surface area (Å²) in [5.41, 5.74) is 2.33. The molecule has 0 amide bonds. The fourth-order valence-corrected chi connectivity index (χ4v) is 4.59. The Morgan fingerprint density at radius 3 is 2.64 bits per heavy atom. The zero-order valence-electron chi connectivity index (χ0n) is 16.5. The molecule has 0 atom stereocenters. The summed E-state index contributed by atoms with van der Waals surface area (Å²) in [7, 11) is 3.36. The van der Waals surface area contributed by atoms with Crippen molar-refractivity contribution in [2.45, 2.75) is 32.2 Å². The highest BCUT2D eigenvalue weighted by molar-refractivity contribution is 7.13. The van der Waals surface area contributed by atoms with Gasteiger partial charge in [0.2, 0.25) is 5.89 Å². The number of rotatable bonds is 6. The van der Waals surface area contributed by atoms with Crippen LogP contribution in [0.5, 0.6) is 11.5 Å². The van der Waals surface area contributed by atoms with E-state index in [0.717, 1.165) is 60.3 Å². The fraction of sp³-hybridized carbons (Fsp3) is 0.429. The first kappa shape index (κ1) is 19.0. The molecular weight excluding hydrogens is 374 g/mol. The van der Waals surface area contributed by atoms with Gasteiger partial charge in [-0.15, -0.1) is 21.5 Å². The van der Waals surface area contributed by atoms with Crippen molar-refractivity contribution in [3.8, 4) is 22.3 Å². The summed E-state index contributed by atoms with van der Waals surface area (Å²) in [6.07, 6.45) is 2.02. The molecular formula is C21H25N3O3S. The molecule has 7 heteroatoms. The first-order chi connectivity index (χ1) is 13.7. The van der Waals surface area contributed by atoms with E-state index in [2.05, 4.69) is 39.5 Å². The molecule has 0 N–H and O–H groups in total. The van der Waals surface area contributed by atoms with Crippen molar-refractivity contribution >= 4 is 11.3 Å². The molecule has 2 aromatic heterocycles. The number of aryl methyl sites for hydroxylation is 1. The van der Waals surface area contributed by atoms with Gasteiger partial charge in [-0.05, 0) is 55.9 Å². The van der Waals surface area contributed by atoms with E-state index in [1.54, 1.807) is 25.6 Å². The van der Waals surface area contributed by atoms with Crippen LogP contribution in [0.1, 0.15) is 35.8 Å². The van der Waals surface area contributed by atoms with Crippen LogP contribution in [-0.4, -0.2) is 42.4 Å². The fourth-order valence-electron chi connectivity index (χ4n) is 3.74. The number of piperidine rings is 1. The SMILES string of the molecule is COc1cccc(CN2CCC(c3nnc(-c4sccc4C)o3)CC2)c1OC. The van der Waals surface area contributed by atoms with Crippen LogP contribution in [0, 0.1) is 6.92 Å². The van der Waals surface area contributed by atoms with Gasteiger partial charge in [-0.25, -0.2) is 0 Å². The van der Waals surface area contributed by atoms with Crippen molar-refractivity contribution < 1.29 is 13.9 Å². The lowest BCUT2D eigenvalue weighted by molar-refractivity contribution is 0.191. The maximum atomic E-state index is 6.00. The maximum Gasteiger partial charge on any atom is 0.258 e. The number of ether oxygens (including phenoxy) is 2. The minimum atomic E-state index is 0.324. The molecule has 3 aromatic rings. The van der Waals surface area contributed by atoms with Gasteiger partial charge in [0, 0.05) is 18.0 Å². The zero-order valence-corrected chi connectivity index (χ0v) is 17.3. The quantitative estimate of drug-likeness (QED) is 0.608. The van der Waals surface area contributed by atoms with Gasteiger partial charge < -0.3 is 13.9 Å². The van der Waals surface area contributed by atoms with E-state index in [1.807, 2.05) is 12.1 Å². The van der Waals surface area contributed by atoms with Crippen molar-refractivity contribution in [2.75, 3.05) is 27.3 Å². The van der Waals surface area contributed by atoms with Crippen LogP contribution in [-0.2, 0) is 6.54 Å². The summed E-state index contributed by atoms with van der Waals surface area (Å²) < 4.78 is 17.0. The molecule has 1 aromatic carbocycles.